The van der Waals surface area contributed by atoms with Crippen molar-refractivity contribution < 1.29 is 4.79 Å². The highest BCUT2D eigenvalue weighted by atomic mass is 32.2. The first kappa shape index (κ1) is 19.9. The predicted molar refractivity (Wildman–Crippen MR) is 113 cm³/mol. The standard InChI is InChI=1S/C21H24N4O2S/c1-2-3-14-24-20(27)22-23-21(24)28-16-19(26)25(18-12-8-5-9-13-18)15-17-10-6-4-7-11-17/h4-13H,2-3,14-16H2,1H3,(H,22,27). The average Bonchev–Trinajstić information content (AvgIpc) is 3.09. The Morgan fingerprint density at radius 3 is 2.46 bits per heavy atom. The van der Waals surface area contributed by atoms with Crippen molar-refractivity contribution in [1.82, 2.24) is 14.8 Å². The van der Waals surface area contributed by atoms with Gasteiger partial charge in [0.25, 0.3) is 0 Å². The molecule has 0 radical (unpaired) electrons. The fraction of sp³-hybridized carbons (Fsp3) is 0.286. The number of hydrogen-bond acceptors (Lipinski definition) is 4. The molecule has 28 heavy (non-hydrogen) atoms. The first-order valence-electron chi connectivity index (χ1n) is 9.36. The molecule has 1 amide bonds. The number of carbonyl (C=O) groups excluding carboxylic acids is 1. The van der Waals surface area contributed by atoms with Gasteiger partial charge in [-0.25, -0.2) is 9.89 Å². The molecule has 146 valence electrons. The maximum Gasteiger partial charge on any atom is 0.343 e. The number of anilines is 1. The molecule has 2 aromatic carbocycles. The average molecular weight is 397 g/mol. The number of H-pyrrole nitrogens is 1. The lowest BCUT2D eigenvalue weighted by Gasteiger charge is -2.23. The first-order valence-corrected chi connectivity index (χ1v) is 10.3. The van der Waals surface area contributed by atoms with E-state index in [1.54, 1.807) is 9.47 Å². The van der Waals surface area contributed by atoms with Gasteiger partial charge in [0.1, 0.15) is 0 Å². The van der Waals surface area contributed by atoms with E-state index in [9.17, 15) is 9.59 Å². The van der Waals surface area contributed by atoms with E-state index in [-0.39, 0.29) is 17.3 Å². The van der Waals surface area contributed by atoms with E-state index >= 15 is 0 Å². The number of unbranched alkanes of at least 4 members (excludes halogenated alkanes) is 1. The number of amides is 1. The molecule has 0 saturated heterocycles. The van der Waals surface area contributed by atoms with E-state index in [1.807, 2.05) is 60.7 Å². The lowest BCUT2D eigenvalue weighted by Crippen LogP contribution is -2.32. The van der Waals surface area contributed by atoms with Crippen molar-refractivity contribution in [2.45, 2.75) is 38.0 Å². The maximum atomic E-state index is 13.0. The number of nitrogens with one attached hydrogen (secondary N) is 1. The Bertz CT molecular complexity index is 938. The summed E-state index contributed by atoms with van der Waals surface area (Å²) in [6, 6.07) is 19.5. The van der Waals surface area contributed by atoms with Crippen molar-refractivity contribution in [2.75, 3.05) is 10.7 Å². The Morgan fingerprint density at radius 1 is 1.11 bits per heavy atom. The van der Waals surface area contributed by atoms with Crippen molar-refractivity contribution in [3.8, 4) is 0 Å². The third kappa shape index (κ3) is 5.13. The summed E-state index contributed by atoms with van der Waals surface area (Å²) in [5.74, 6) is 0.176. The molecule has 1 heterocycles. The van der Waals surface area contributed by atoms with Gasteiger partial charge in [-0.05, 0) is 24.1 Å². The van der Waals surface area contributed by atoms with Crippen LogP contribution < -0.4 is 10.6 Å². The molecule has 0 unspecified atom stereocenters. The van der Waals surface area contributed by atoms with E-state index in [4.69, 9.17) is 0 Å². The minimum atomic E-state index is -0.229. The molecule has 0 saturated carbocycles. The molecule has 0 bridgehead atoms. The van der Waals surface area contributed by atoms with Gasteiger partial charge in [-0.2, -0.15) is 0 Å². The third-order valence-corrected chi connectivity index (χ3v) is 5.30. The molecule has 0 aliphatic rings. The first-order chi connectivity index (χ1) is 13.7. The zero-order chi connectivity index (χ0) is 19.8. The summed E-state index contributed by atoms with van der Waals surface area (Å²) in [5, 5.41) is 7.11. The number of carbonyl (C=O) groups is 1. The molecule has 0 aliphatic heterocycles. The zero-order valence-electron chi connectivity index (χ0n) is 15.9. The second kappa shape index (κ2) is 9.94. The molecule has 0 aliphatic carbocycles. The molecule has 0 atom stereocenters. The van der Waals surface area contributed by atoms with Gasteiger partial charge in [0.2, 0.25) is 5.91 Å². The van der Waals surface area contributed by atoms with Gasteiger partial charge in [-0.1, -0.05) is 73.6 Å². The summed E-state index contributed by atoms with van der Waals surface area (Å²) in [6.07, 6.45) is 1.88. The summed E-state index contributed by atoms with van der Waals surface area (Å²) < 4.78 is 1.60. The Labute approximate surface area is 168 Å². The van der Waals surface area contributed by atoms with Crippen LogP contribution in [-0.4, -0.2) is 26.4 Å². The largest absolute Gasteiger partial charge is 0.343 e. The van der Waals surface area contributed by atoms with Gasteiger partial charge >= 0.3 is 5.69 Å². The van der Waals surface area contributed by atoms with Crippen LogP contribution in [0.4, 0.5) is 5.69 Å². The maximum absolute atomic E-state index is 13.0. The van der Waals surface area contributed by atoms with E-state index in [0.29, 0.717) is 18.2 Å². The molecule has 1 aromatic heterocycles. The van der Waals surface area contributed by atoms with Crippen LogP contribution in [0.3, 0.4) is 0 Å². The van der Waals surface area contributed by atoms with Crippen molar-refractivity contribution in [1.29, 1.82) is 0 Å². The molecule has 3 aromatic rings. The molecule has 1 N–H and O–H groups in total. The van der Waals surface area contributed by atoms with Crippen molar-refractivity contribution in [3.05, 3.63) is 76.7 Å². The van der Waals surface area contributed by atoms with Crippen LogP contribution >= 0.6 is 11.8 Å². The third-order valence-electron chi connectivity index (χ3n) is 4.34. The molecular formula is C21H24N4O2S. The highest BCUT2D eigenvalue weighted by Gasteiger charge is 2.18. The van der Waals surface area contributed by atoms with Gasteiger partial charge in [0.15, 0.2) is 5.16 Å². The number of nitrogens with zero attached hydrogens (tertiary/aromatic N) is 3. The van der Waals surface area contributed by atoms with Gasteiger partial charge in [0, 0.05) is 12.2 Å². The van der Waals surface area contributed by atoms with E-state index in [0.717, 1.165) is 24.1 Å². The van der Waals surface area contributed by atoms with E-state index < -0.39 is 0 Å². The lowest BCUT2D eigenvalue weighted by atomic mass is 10.2. The van der Waals surface area contributed by atoms with Crippen molar-refractivity contribution >= 4 is 23.4 Å². The summed E-state index contributed by atoms with van der Waals surface area (Å²) in [6.45, 7) is 3.17. The number of benzene rings is 2. The number of para-hydroxylation sites is 1. The summed E-state index contributed by atoms with van der Waals surface area (Å²) >= 11 is 1.29. The fourth-order valence-electron chi connectivity index (χ4n) is 2.83. The second-order valence-corrected chi connectivity index (χ2v) is 7.35. The SMILES string of the molecule is CCCCn1c(SCC(=O)N(Cc2ccccc2)c2ccccc2)n[nH]c1=O. The molecular weight excluding hydrogens is 372 g/mol. The summed E-state index contributed by atoms with van der Waals surface area (Å²) in [4.78, 5) is 26.7. The minimum absolute atomic E-state index is 0.0301. The number of aromatic amines is 1. The molecule has 3 rings (SSSR count). The van der Waals surface area contributed by atoms with Crippen molar-refractivity contribution in [3.63, 3.8) is 0 Å². The van der Waals surface area contributed by atoms with Crippen LogP contribution in [0, 0.1) is 0 Å². The number of rotatable bonds is 9. The van der Waals surface area contributed by atoms with Gasteiger partial charge in [0.05, 0.1) is 12.3 Å². The highest BCUT2D eigenvalue weighted by Crippen LogP contribution is 2.21. The molecule has 0 spiro atoms. The Hall–Kier alpha value is -2.80. The quantitative estimate of drug-likeness (QED) is 0.560. The highest BCUT2D eigenvalue weighted by molar-refractivity contribution is 7.99. The van der Waals surface area contributed by atoms with Crippen molar-refractivity contribution in [2.24, 2.45) is 0 Å². The van der Waals surface area contributed by atoms with Gasteiger partial charge < -0.3 is 4.90 Å². The molecule has 6 nitrogen and oxygen atoms in total. The fourth-order valence-corrected chi connectivity index (χ4v) is 3.68. The predicted octanol–water partition coefficient (Wildman–Crippen LogP) is 3.70. The normalized spacial score (nSPS) is 10.8. The van der Waals surface area contributed by atoms with Crippen LogP contribution in [0.1, 0.15) is 25.3 Å². The van der Waals surface area contributed by atoms with E-state index in [1.165, 1.54) is 11.8 Å². The second-order valence-electron chi connectivity index (χ2n) is 6.41. The summed E-state index contributed by atoms with van der Waals surface area (Å²) in [5.41, 5.74) is 1.68. The van der Waals surface area contributed by atoms with Gasteiger partial charge in [-0.3, -0.25) is 9.36 Å². The molecule has 7 heteroatoms. The van der Waals surface area contributed by atoms with Crippen LogP contribution in [0.25, 0.3) is 0 Å². The minimum Gasteiger partial charge on any atom is -0.307 e. The van der Waals surface area contributed by atoms with Crippen LogP contribution in [0.2, 0.25) is 0 Å². The number of thioether (sulfide) groups is 1. The Balaban J connectivity index is 1.74. The van der Waals surface area contributed by atoms with Crippen LogP contribution in [0.5, 0.6) is 0 Å². The zero-order valence-corrected chi connectivity index (χ0v) is 16.7. The monoisotopic (exact) mass is 396 g/mol. The number of aromatic nitrogens is 3. The topological polar surface area (TPSA) is 71.0 Å². The van der Waals surface area contributed by atoms with Crippen LogP contribution in [-0.2, 0) is 17.9 Å². The smallest absolute Gasteiger partial charge is 0.307 e. The lowest BCUT2D eigenvalue weighted by molar-refractivity contribution is -0.116. The Morgan fingerprint density at radius 2 is 1.79 bits per heavy atom. The Kier molecular flexibility index (Phi) is 7.08. The number of hydrogen-bond donors (Lipinski definition) is 1. The molecule has 0 fully saturated rings. The van der Waals surface area contributed by atoms with Gasteiger partial charge in [-0.15, -0.1) is 5.10 Å². The summed E-state index contributed by atoms with van der Waals surface area (Å²) in [7, 11) is 0. The van der Waals surface area contributed by atoms with E-state index in [2.05, 4.69) is 17.1 Å². The van der Waals surface area contributed by atoms with Crippen LogP contribution in [0.15, 0.2) is 70.6 Å².